The fourth-order valence-corrected chi connectivity index (χ4v) is 5.51. The Bertz CT molecular complexity index is 2030. The van der Waals surface area contributed by atoms with Gasteiger partial charge < -0.3 is 14.3 Å². The van der Waals surface area contributed by atoms with E-state index in [2.05, 4.69) is 14.8 Å². The lowest BCUT2D eigenvalue weighted by Crippen LogP contribution is -2.40. The van der Waals surface area contributed by atoms with Gasteiger partial charge in [-0.25, -0.2) is 13.4 Å². The molecule has 0 unspecified atom stereocenters. The van der Waals surface area contributed by atoms with E-state index in [1.165, 1.54) is 36.0 Å². The normalized spacial score (nSPS) is 12.8. The zero-order valence-corrected chi connectivity index (χ0v) is 26.0. The second-order valence-corrected chi connectivity index (χ2v) is 13.2. The summed E-state index contributed by atoms with van der Waals surface area (Å²) in [5.74, 6) is -3.80. The maximum Gasteiger partial charge on any atom is 0.573 e. The summed E-state index contributed by atoms with van der Waals surface area (Å²) >= 11 is 0. The van der Waals surface area contributed by atoms with Crippen molar-refractivity contribution in [1.29, 1.82) is 0 Å². The summed E-state index contributed by atoms with van der Waals surface area (Å²) in [4.78, 5) is 4.54. The van der Waals surface area contributed by atoms with E-state index in [0.29, 0.717) is 27.8 Å². The highest BCUT2D eigenvalue weighted by Gasteiger charge is 2.49. The predicted molar refractivity (Wildman–Crippen MR) is 160 cm³/mol. The molecule has 14 heteroatoms. The molecule has 1 N–H and O–H groups in total. The number of oxazole rings is 1. The van der Waals surface area contributed by atoms with Crippen LogP contribution in [0.3, 0.4) is 0 Å². The van der Waals surface area contributed by atoms with E-state index in [-0.39, 0.29) is 27.9 Å². The predicted octanol–water partition coefficient (Wildman–Crippen LogP) is 7.55. The van der Waals surface area contributed by atoms with Gasteiger partial charge in [0.25, 0.3) is 0 Å². The average Bonchev–Trinajstić information content (AvgIpc) is 3.54. The van der Waals surface area contributed by atoms with Gasteiger partial charge in [-0.2, -0.15) is 13.9 Å². The van der Waals surface area contributed by atoms with Crippen LogP contribution in [0.5, 0.6) is 5.75 Å². The zero-order chi connectivity index (χ0) is 33.8. The molecule has 0 saturated heterocycles. The van der Waals surface area contributed by atoms with E-state index in [1.807, 2.05) is 0 Å². The summed E-state index contributed by atoms with van der Waals surface area (Å²) in [6.07, 6.45) is -3.80. The zero-order valence-electron chi connectivity index (χ0n) is 25.1. The van der Waals surface area contributed by atoms with Crippen LogP contribution in [0.1, 0.15) is 25.4 Å². The third-order valence-corrected chi connectivity index (χ3v) is 8.31. The van der Waals surface area contributed by atoms with E-state index in [9.17, 15) is 26.7 Å². The number of hydrogen-bond donors (Lipinski definition) is 1. The molecule has 5 aromatic rings. The van der Waals surface area contributed by atoms with Crippen LogP contribution in [0, 0.1) is 6.92 Å². The molecule has 0 radical (unpaired) electrons. The second kappa shape index (κ2) is 11.4. The first kappa shape index (κ1) is 32.8. The molecule has 2 aromatic heterocycles. The molecule has 46 heavy (non-hydrogen) atoms. The van der Waals surface area contributed by atoms with Gasteiger partial charge in [0.2, 0.25) is 0 Å². The summed E-state index contributed by atoms with van der Waals surface area (Å²) < 4.78 is 104. The van der Waals surface area contributed by atoms with Gasteiger partial charge >= 0.3 is 12.3 Å². The van der Waals surface area contributed by atoms with E-state index >= 15 is 8.78 Å². The van der Waals surface area contributed by atoms with Gasteiger partial charge in [0.1, 0.15) is 22.7 Å². The van der Waals surface area contributed by atoms with Crippen LogP contribution < -0.4 is 4.74 Å². The molecule has 0 aliphatic carbocycles. The van der Waals surface area contributed by atoms with E-state index < -0.39 is 39.2 Å². The lowest BCUT2D eigenvalue weighted by Gasteiger charge is -2.27. The third-order valence-electron chi connectivity index (χ3n) is 7.20. The fourth-order valence-electron chi connectivity index (χ4n) is 4.85. The lowest BCUT2D eigenvalue weighted by atomic mass is 9.93. The van der Waals surface area contributed by atoms with Crippen molar-refractivity contribution in [2.75, 3.05) is 6.26 Å². The van der Waals surface area contributed by atoms with E-state index in [4.69, 9.17) is 4.42 Å². The van der Waals surface area contributed by atoms with Crippen molar-refractivity contribution in [3.8, 4) is 50.7 Å². The second-order valence-electron chi connectivity index (χ2n) is 11.2. The summed E-state index contributed by atoms with van der Waals surface area (Å²) in [5, 5.41) is 14.1. The maximum atomic E-state index is 15.2. The smallest absolute Gasteiger partial charge is 0.440 e. The topological polar surface area (TPSA) is 107 Å². The van der Waals surface area contributed by atoms with Crippen LogP contribution in [0.2, 0.25) is 0 Å². The molecular formula is C32H28F5N3O5S. The van der Waals surface area contributed by atoms with Crippen LogP contribution in [0.25, 0.3) is 45.0 Å². The minimum atomic E-state index is -4.88. The molecule has 5 rings (SSSR count). The summed E-state index contributed by atoms with van der Waals surface area (Å²) in [6.45, 7) is 3.51. The van der Waals surface area contributed by atoms with Gasteiger partial charge in [0.05, 0.1) is 10.6 Å². The van der Waals surface area contributed by atoms with Crippen LogP contribution >= 0.6 is 0 Å². The number of alkyl halides is 5. The molecule has 3 aromatic carbocycles. The van der Waals surface area contributed by atoms with Crippen molar-refractivity contribution in [2.24, 2.45) is 7.05 Å². The molecule has 0 atom stereocenters. The molecule has 0 bridgehead atoms. The number of nitrogens with zero attached hydrogens (tertiary/aromatic N) is 3. The number of aliphatic hydroxyl groups is 1. The molecule has 0 spiro atoms. The first-order valence-electron chi connectivity index (χ1n) is 13.7. The van der Waals surface area contributed by atoms with Crippen molar-refractivity contribution < 1.29 is 44.6 Å². The number of aromatic nitrogens is 3. The van der Waals surface area contributed by atoms with Crippen molar-refractivity contribution in [2.45, 2.75) is 43.6 Å². The molecule has 0 saturated carbocycles. The fraction of sp³-hybridized carbons (Fsp3) is 0.250. The standard InChI is InChI=1S/C32H28F5N3O5S/c1-18-38-28(19-9-12-22(13-10-19)45-32(35,36)37)29(44-18)25-16-21(20-7-6-8-23(15-20)46(5,42)43)11-14-24(25)26-17-27(39-40(26)4)31(33,34)30(2,3)41/h6-17,41H,1-5H3. The Morgan fingerprint density at radius 3 is 2.11 bits per heavy atom. The molecular weight excluding hydrogens is 633 g/mol. The van der Waals surface area contributed by atoms with Gasteiger partial charge in [-0.05, 0) is 73.5 Å². The highest BCUT2D eigenvalue weighted by Crippen LogP contribution is 2.44. The Morgan fingerprint density at radius 2 is 1.50 bits per heavy atom. The molecule has 0 aliphatic rings. The monoisotopic (exact) mass is 661 g/mol. The van der Waals surface area contributed by atoms with Gasteiger partial charge in [0, 0.05) is 36.9 Å². The summed E-state index contributed by atoms with van der Waals surface area (Å²) in [6, 6.07) is 17.3. The SMILES string of the molecule is Cc1nc(-c2ccc(OC(F)(F)F)cc2)c(-c2cc(-c3cccc(S(C)(=O)=O)c3)ccc2-c2cc(C(F)(F)C(C)(C)O)nn2C)o1. The van der Waals surface area contributed by atoms with Crippen molar-refractivity contribution in [3.05, 3.63) is 84.4 Å². The minimum absolute atomic E-state index is 0.0816. The van der Waals surface area contributed by atoms with Crippen molar-refractivity contribution >= 4 is 9.84 Å². The molecule has 0 fully saturated rings. The quantitative estimate of drug-likeness (QED) is 0.171. The lowest BCUT2D eigenvalue weighted by molar-refractivity contribution is -0.274. The first-order valence-corrected chi connectivity index (χ1v) is 15.6. The highest BCUT2D eigenvalue weighted by atomic mass is 32.2. The largest absolute Gasteiger partial charge is 0.573 e. The summed E-state index contributed by atoms with van der Waals surface area (Å²) in [5.41, 5.74) is -0.488. The average molecular weight is 662 g/mol. The number of hydrogen-bond acceptors (Lipinski definition) is 7. The summed E-state index contributed by atoms with van der Waals surface area (Å²) in [7, 11) is -2.09. The highest BCUT2D eigenvalue weighted by molar-refractivity contribution is 7.90. The van der Waals surface area contributed by atoms with Crippen LogP contribution in [0.4, 0.5) is 22.0 Å². The molecule has 0 aliphatic heterocycles. The van der Waals surface area contributed by atoms with Crippen molar-refractivity contribution in [1.82, 2.24) is 14.8 Å². The number of benzene rings is 3. The Hall–Kier alpha value is -4.56. The Morgan fingerprint density at radius 1 is 0.870 bits per heavy atom. The Labute approximate surface area is 261 Å². The number of ether oxygens (including phenoxy) is 1. The third kappa shape index (κ3) is 6.53. The van der Waals surface area contributed by atoms with Gasteiger partial charge in [0.15, 0.2) is 21.5 Å². The van der Waals surface area contributed by atoms with Crippen LogP contribution in [-0.2, 0) is 22.8 Å². The Kier molecular flexibility index (Phi) is 8.10. The molecule has 0 amide bonds. The van der Waals surface area contributed by atoms with Gasteiger partial charge in [-0.1, -0.05) is 24.3 Å². The molecule has 242 valence electrons. The Balaban J connectivity index is 1.73. The molecule has 8 nitrogen and oxygen atoms in total. The maximum absolute atomic E-state index is 15.2. The number of rotatable bonds is 8. The van der Waals surface area contributed by atoms with Crippen LogP contribution in [-0.4, -0.2) is 46.5 Å². The number of aryl methyl sites for hydroxylation is 2. The minimum Gasteiger partial charge on any atom is -0.440 e. The number of sulfone groups is 1. The van der Waals surface area contributed by atoms with Crippen molar-refractivity contribution in [3.63, 3.8) is 0 Å². The van der Waals surface area contributed by atoms with Gasteiger partial charge in [-0.3, -0.25) is 4.68 Å². The van der Waals surface area contributed by atoms with Gasteiger partial charge in [-0.15, -0.1) is 13.2 Å². The number of halogens is 5. The van der Waals surface area contributed by atoms with Crippen LogP contribution in [0.15, 0.2) is 82.1 Å². The van der Waals surface area contributed by atoms with E-state index in [1.54, 1.807) is 37.3 Å². The van der Waals surface area contributed by atoms with E-state index in [0.717, 1.165) is 38.3 Å². The molecule has 2 heterocycles. The first-order chi connectivity index (χ1) is 21.2.